The number of carbonyl (C=O) groups is 1. The molecule has 4 rings (SSSR count). The number of piperazine rings is 1. The largest absolute Gasteiger partial charge is 0.397 e. The predicted octanol–water partition coefficient (Wildman–Crippen LogP) is 3.98. The Kier molecular flexibility index (Phi) is 6.50. The molecule has 3 aromatic rings. The molecular formula is C22H17Cl2F2N7O. The maximum Gasteiger partial charge on any atom is 0.246 e. The second kappa shape index (κ2) is 9.37. The molecule has 12 heteroatoms. The van der Waals surface area contributed by atoms with Crippen LogP contribution >= 0.6 is 23.2 Å². The van der Waals surface area contributed by atoms with Gasteiger partial charge in [0.2, 0.25) is 5.91 Å². The number of pyridine rings is 1. The number of benzene rings is 1. The Labute approximate surface area is 203 Å². The van der Waals surface area contributed by atoms with E-state index in [1.54, 1.807) is 4.90 Å². The summed E-state index contributed by atoms with van der Waals surface area (Å²) >= 11 is 11.9. The summed E-state index contributed by atoms with van der Waals surface area (Å²) in [5, 5.41) is 9.11. The van der Waals surface area contributed by atoms with Gasteiger partial charge in [-0.2, -0.15) is 5.26 Å². The molecular weight excluding hydrogens is 487 g/mol. The number of carbonyl (C=O) groups excluding carboxylic acids is 1. The molecule has 0 spiro atoms. The monoisotopic (exact) mass is 503 g/mol. The van der Waals surface area contributed by atoms with Gasteiger partial charge in [-0.15, -0.1) is 0 Å². The number of nitriles is 1. The molecule has 174 valence electrons. The molecule has 0 bridgehead atoms. The topological polar surface area (TPSA) is 112 Å². The molecule has 1 fully saturated rings. The van der Waals surface area contributed by atoms with Crippen molar-refractivity contribution in [2.24, 2.45) is 0 Å². The van der Waals surface area contributed by atoms with Crippen molar-refractivity contribution < 1.29 is 13.6 Å². The van der Waals surface area contributed by atoms with Gasteiger partial charge in [-0.1, -0.05) is 29.8 Å². The number of anilines is 2. The van der Waals surface area contributed by atoms with E-state index in [9.17, 15) is 14.4 Å². The number of hydrogen-bond acceptors (Lipinski definition) is 7. The minimum atomic E-state index is -0.953. The van der Waals surface area contributed by atoms with E-state index >= 15 is 4.39 Å². The van der Waals surface area contributed by atoms with Gasteiger partial charge in [-0.05, 0) is 12.1 Å². The summed E-state index contributed by atoms with van der Waals surface area (Å²) in [6.07, 6.45) is 3.80. The molecule has 0 aliphatic carbocycles. The summed E-state index contributed by atoms with van der Waals surface area (Å²) in [6, 6.07) is 2.80. The number of amides is 1. The maximum atomic E-state index is 15.5. The van der Waals surface area contributed by atoms with Crippen molar-refractivity contribution in [1.29, 1.82) is 5.26 Å². The fraction of sp³-hybridized carbons (Fsp3) is 0.227. The van der Waals surface area contributed by atoms with Crippen LogP contribution in [0.25, 0.3) is 22.2 Å². The average Bonchev–Trinajstić information content (AvgIpc) is 2.83. The highest BCUT2D eigenvalue weighted by Crippen LogP contribution is 2.40. The van der Waals surface area contributed by atoms with Crippen molar-refractivity contribution in [2.45, 2.75) is 12.5 Å². The van der Waals surface area contributed by atoms with E-state index in [-0.39, 0.29) is 56.8 Å². The van der Waals surface area contributed by atoms with E-state index in [2.05, 4.69) is 27.6 Å². The van der Waals surface area contributed by atoms with Gasteiger partial charge in [0.1, 0.15) is 23.4 Å². The Hall–Kier alpha value is -3.55. The van der Waals surface area contributed by atoms with E-state index in [4.69, 9.17) is 28.9 Å². The Morgan fingerprint density at radius 3 is 2.74 bits per heavy atom. The Morgan fingerprint density at radius 1 is 1.26 bits per heavy atom. The van der Waals surface area contributed by atoms with E-state index < -0.39 is 17.7 Å². The lowest BCUT2D eigenvalue weighted by Gasteiger charge is -2.41. The Bertz CT molecular complexity index is 1340. The normalized spacial score (nSPS) is 15.9. The number of nitrogens with zero attached hydrogens (tertiary/aromatic N) is 6. The van der Waals surface area contributed by atoms with Gasteiger partial charge in [-0.3, -0.25) is 9.78 Å². The van der Waals surface area contributed by atoms with Crippen LogP contribution in [-0.2, 0) is 4.79 Å². The fourth-order valence-corrected chi connectivity index (χ4v) is 4.44. The lowest BCUT2D eigenvalue weighted by molar-refractivity contribution is -0.128. The first-order valence-electron chi connectivity index (χ1n) is 10.1. The van der Waals surface area contributed by atoms with Crippen molar-refractivity contribution in [3.8, 4) is 17.3 Å². The molecule has 2 N–H and O–H groups in total. The zero-order valence-electron chi connectivity index (χ0n) is 17.6. The third-order valence-corrected chi connectivity index (χ3v) is 6.20. The molecule has 2 aromatic heterocycles. The molecule has 1 saturated heterocycles. The highest BCUT2D eigenvalue weighted by Gasteiger charge is 2.31. The summed E-state index contributed by atoms with van der Waals surface area (Å²) in [5.74, 6) is -1.77. The van der Waals surface area contributed by atoms with Crippen molar-refractivity contribution >= 4 is 51.5 Å². The van der Waals surface area contributed by atoms with Gasteiger partial charge < -0.3 is 15.5 Å². The van der Waals surface area contributed by atoms with E-state index in [1.807, 2.05) is 4.90 Å². The van der Waals surface area contributed by atoms with E-state index in [0.717, 1.165) is 6.07 Å². The number of hydrogen-bond donors (Lipinski definition) is 1. The van der Waals surface area contributed by atoms with Crippen LogP contribution in [-0.4, -0.2) is 51.4 Å². The van der Waals surface area contributed by atoms with Crippen LogP contribution in [0.5, 0.6) is 0 Å². The fourth-order valence-electron chi connectivity index (χ4n) is 3.98. The lowest BCUT2D eigenvalue weighted by Crippen LogP contribution is -2.55. The molecule has 0 unspecified atom stereocenters. The molecule has 8 nitrogen and oxygen atoms in total. The molecule has 1 aliphatic rings. The minimum absolute atomic E-state index is 0.0402. The molecule has 0 radical (unpaired) electrons. The van der Waals surface area contributed by atoms with Crippen LogP contribution < -0.4 is 10.6 Å². The number of fused-ring (bicyclic) bond motifs is 1. The van der Waals surface area contributed by atoms with Crippen molar-refractivity contribution in [1.82, 2.24) is 19.9 Å². The summed E-state index contributed by atoms with van der Waals surface area (Å²) in [7, 11) is 0. The summed E-state index contributed by atoms with van der Waals surface area (Å²) < 4.78 is 30.3. The van der Waals surface area contributed by atoms with Crippen molar-refractivity contribution in [3.63, 3.8) is 0 Å². The van der Waals surface area contributed by atoms with Crippen molar-refractivity contribution in [3.05, 3.63) is 52.9 Å². The van der Waals surface area contributed by atoms with Gasteiger partial charge in [-0.25, -0.2) is 18.7 Å². The first kappa shape index (κ1) is 23.6. The SMILES string of the molecule is C=CC(=O)N1CCN(c2ncnc3c(F)c(-c4c(N)c(Cl)cc(Cl)c4F)ncc23)C[C@@H]1CC#N. The highest BCUT2D eigenvalue weighted by atomic mass is 35.5. The lowest BCUT2D eigenvalue weighted by atomic mass is 10.1. The molecule has 1 amide bonds. The molecule has 34 heavy (non-hydrogen) atoms. The van der Waals surface area contributed by atoms with Gasteiger partial charge in [0, 0.05) is 25.8 Å². The van der Waals surface area contributed by atoms with Gasteiger partial charge in [0.05, 0.1) is 45.2 Å². The van der Waals surface area contributed by atoms with Crippen LogP contribution in [0.2, 0.25) is 10.0 Å². The van der Waals surface area contributed by atoms with E-state index in [0.29, 0.717) is 18.9 Å². The zero-order chi connectivity index (χ0) is 24.6. The number of halogens is 4. The molecule has 1 aromatic carbocycles. The third kappa shape index (κ3) is 3.97. The minimum Gasteiger partial charge on any atom is -0.397 e. The molecule has 1 atom stereocenters. The quantitative estimate of drug-likeness (QED) is 0.325. The summed E-state index contributed by atoms with van der Waals surface area (Å²) in [4.78, 5) is 28.0. The summed E-state index contributed by atoms with van der Waals surface area (Å²) in [5.41, 5.74) is 4.84. The predicted molar refractivity (Wildman–Crippen MR) is 125 cm³/mol. The standard InChI is InChI=1S/C22H17Cl2F2N7O/c1-2-15(34)33-6-5-32(9-11(33)3-4-27)22-12-8-29-21(18(26)20(12)30-10-31-22)16-17(25)13(23)7-14(24)19(16)28/h2,7-8,10-11H,1,3,5-6,9,28H2/t11-/m0/s1. The maximum absolute atomic E-state index is 15.5. The third-order valence-electron chi connectivity index (χ3n) is 5.61. The van der Waals surface area contributed by atoms with Crippen LogP contribution in [0.4, 0.5) is 20.3 Å². The van der Waals surface area contributed by atoms with E-state index in [1.165, 1.54) is 18.6 Å². The van der Waals surface area contributed by atoms with Crippen LogP contribution in [0, 0.1) is 23.0 Å². The second-order valence-corrected chi connectivity index (χ2v) is 8.34. The van der Waals surface area contributed by atoms with Crippen LogP contribution in [0.1, 0.15) is 6.42 Å². The highest BCUT2D eigenvalue weighted by molar-refractivity contribution is 6.37. The summed E-state index contributed by atoms with van der Waals surface area (Å²) in [6.45, 7) is 4.49. The number of rotatable bonds is 4. The van der Waals surface area contributed by atoms with Gasteiger partial charge in [0.15, 0.2) is 11.6 Å². The van der Waals surface area contributed by atoms with Crippen molar-refractivity contribution in [2.75, 3.05) is 30.3 Å². The first-order valence-corrected chi connectivity index (χ1v) is 10.8. The molecule has 1 aliphatic heterocycles. The Morgan fingerprint density at radius 2 is 2.03 bits per heavy atom. The average molecular weight is 504 g/mol. The number of nitrogens with two attached hydrogens (primary N) is 1. The smallest absolute Gasteiger partial charge is 0.246 e. The number of aromatic nitrogens is 3. The Balaban J connectivity index is 1.79. The van der Waals surface area contributed by atoms with Crippen LogP contribution in [0.3, 0.4) is 0 Å². The molecule has 0 saturated carbocycles. The molecule has 3 heterocycles. The van der Waals surface area contributed by atoms with Crippen LogP contribution in [0.15, 0.2) is 31.2 Å². The van der Waals surface area contributed by atoms with Gasteiger partial charge >= 0.3 is 0 Å². The second-order valence-electron chi connectivity index (χ2n) is 7.52. The van der Waals surface area contributed by atoms with Gasteiger partial charge in [0.25, 0.3) is 0 Å². The zero-order valence-corrected chi connectivity index (χ0v) is 19.1. The first-order chi connectivity index (χ1) is 16.3. The number of nitrogen functional groups attached to an aromatic ring is 1.